The maximum Gasteiger partial charge on any atom is 0.252 e. The van der Waals surface area contributed by atoms with Crippen LogP contribution in [-0.2, 0) is 0 Å². The van der Waals surface area contributed by atoms with Gasteiger partial charge in [0.05, 0.1) is 10.0 Å². The molecule has 1 aliphatic carbocycles. The van der Waals surface area contributed by atoms with Crippen LogP contribution < -0.4 is 5.32 Å². The quantitative estimate of drug-likeness (QED) is 0.917. The molecule has 1 amide bonds. The molecule has 1 aromatic carbocycles. The number of hydrogen-bond donors (Lipinski definition) is 1. The molecule has 108 valence electrons. The lowest BCUT2D eigenvalue weighted by Crippen LogP contribution is -2.45. The van der Waals surface area contributed by atoms with Crippen LogP contribution in [0.25, 0.3) is 0 Å². The summed E-state index contributed by atoms with van der Waals surface area (Å²) in [5, 5.41) is 3.02. The van der Waals surface area contributed by atoms with Crippen molar-refractivity contribution in [2.45, 2.75) is 37.8 Å². The summed E-state index contributed by atoms with van der Waals surface area (Å²) in [4.78, 5) is 14.7. The first kappa shape index (κ1) is 14.0. The Kier molecular flexibility index (Phi) is 4.08. The van der Waals surface area contributed by atoms with Gasteiger partial charge < -0.3 is 10.2 Å². The number of piperidine rings is 1. The SMILES string of the molecule is O=C(NC1CCN(C2CC2)CC1)c1cccc(F)c1Br. The van der Waals surface area contributed by atoms with Crippen LogP contribution in [0.15, 0.2) is 22.7 Å². The number of halogens is 2. The maximum absolute atomic E-state index is 13.4. The highest BCUT2D eigenvalue weighted by Gasteiger charge is 2.32. The summed E-state index contributed by atoms with van der Waals surface area (Å²) in [5.41, 5.74) is 0.370. The molecule has 5 heteroatoms. The van der Waals surface area contributed by atoms with Gasteiger partial charge in [-0.1, -0.05) is 6.07 Å². The molecule has 1 heterocycles. The van der Waals surface area contributed by atoms with E-state index in [1.165, 1.54) is 18.9 Å². The van der Waals surface area contributed by atoms with Crippen molar-refractivity contribution in [3.05, 3.63) is 34.1 Å². The van der Waals surface area contributed by atoms with Crippen molar-refractivity contribution in [3.63, 3.8) is 0 Å². The molecule has 20 heavy (non-hydrogen) atoms. The minimum atomic E-state index is -0.402. The number of benzene rings is 1. The Morgan fingerprint density at radius 2 is 1.95 bits per heavy atom. The Hall–Kier alpha value is -0.940. The molecular weight excluding hydrogens is 323 g/mol. The number of nitrogens with one attached hydrogen (secondary N) is 1. The summed E-state index contributed by atoms with van der Waals surface area (Å²) < 4.78 is 13.7. The lowest BCUT2D eigenvalue weighted by Gasteiger charge is -2.32. The standard InChI is InChI=1S/C15H18BrFN2O/c16-14-12(2-1-3-13(14)17)15(20)18-10-6-8-19(9-7-10)11-4-5-11/h1-3,10-11H,4-9H2,(H,18,20). The fourth-order valence-electron chi connectivity index (χ4n) is 2.79. The largest absolute Gasteiger partial charge is 0.349 e. The van der Waals surface area contributed by atoms with E-state index in [1.54, 1.807) is 12.1 Å². The molecule has 2 fully saturated rings. The van der Waals surface area contributed by atoms with Crippen LogP contribution in [-0.4, -0.2) is 36.0 Å². The first-order valence-electron chi connectivity index (χ1n) is 7.14. The topological polar surface area (TPSA) is 32.3 Å². The summed E-state index contributed by atoms with van der Waals surface area (Å²) in [6.07, 6.45) is 4.62. The molecule has 0 unspecified atom stereocenters. The molecule has 0 spiro atoms. The first-order chi connectivity index (χ1) is 9.65. The van der Waals surface area contributed by atoms with Crippen LogP contribution in [0.3, 0.4) is 0 Å². The maximum atomic E-state index is 13.4. The third-order valence-electron chi connectivity index (χ3n) is 4.12. The van der Waals surface area contributed by atoms with E-state index in [1.807, 2.05) is 0 Å². The first-order valence-corrected chi connectivity index (χ1v) is 7.93. The zero-order valence-electron chi connectivity index (χ0n) is 11.2. The van der Waals surface area contributed by atoms with E-state index in [9.17, 15) is 9.18 Å². The monoisotopic (exact) mass is 340 g/mol. The molecule has 0 atom stereocenters. The van der Waals surface area contributed by atoms with Crippen molar-refractivity contribution < 1.29 is 9.18 Å². The third kappa shape index (κ3) is 3.04. The van der Waals surface area contributed by atoms with Gasteiger partial charge in [0.1, 0.15) is 5.82 Å². The third-order valence-corrected chi connectivity index (χ3v) is 4.93. The molecule has 2 aliphatic rings. The van der Waals surface area contributed by atoms with Crippen molar-refractivity contribution in [1.29, 1.82) is 0 Å². The highest BCUT2D eigenvalue weighted by molar-refractivity contribution is 9.10. The Balaban J connectivity index is 1.57. The van der Waals surface area contributed by atoms with Gasteiger partial charge in [0, 0.05) is 25.2 Å². The fraction of sp³-hybridized carbons (Fsp3) is 0.533. The minimum absolute atomic E-state index is 0.193. The van der Waals surface area contributed by atoms with E-state index in [2.05, 4.69) is 26.1 Å². The summed E-state index contributed by atoms with van der Waals surface area (Å²) in [6, 6.07) is 5.54. The van der Waals surface area contributed by atoms with E-state index >= 15 is 0 Å². The number of nitrogens with zero attached hydrogens (tertiary/aromatic N) is 1. The van der Waals surface area contributed by atoms with Gasteiger partial charge in [-0.15, -0.1) is 0 Å². The number of carbonyl (C=O) groups excluding carboxylic acids is 1. The van der Waals surface area contributed by atoms with Gasteiger partial charge >= 0.3 is 0 Å². The molecule has 1 saturated carbocycles. The second kappa shape index (κ2) is 5.82. The average molecular weight is 341 g/mol. The predicted molar refractivity (Wildman–Crippen MR) is 79.2 cm³/mol. The zero-order chi connectivity index (χ0) is 14.1. The van der Waals surface area contributed by atoms with E-state index in [-0.39, 0.29) is 16.4 Å². The van der Waals surface area contributed by atoms with Gasteiger partial charge in [-0.2, -0.15) is 0 Å². The van der Waals surface area contributed by atoms with Crippen LogP contribution in [0.5, 0.6) is 0 Å². The smallest absolute Gasteiger partial charge is 0.252 e. The Morgan fingerprint density at radius 1 is 1.25 bits per heavy atom. The summed E-state index contributed by atoms with van der Waals surface area (Å²) >= 11 is 3.14. The molecule has 3 nitrogen and oxygen atoms in total. The van der Waals surface area contributed by atoms with E-state index in [0.29, 0.717) is 5.56 Å². The van der Waals surface area contributed by atoms with Crippen molar-refractivity contribution >= 4 is 21.8 Å². The van der Waals surface area contributed by atoms with Gasteiger partial charge in [0.2, 0.25) is 0 Å². The molecule has 3 rings (SSSR count). The second-order valence-corrected chi connectivity index (χ2v) is 6.41. The molecule has 1 saturated heterocycles. The van der Waals surface area contributed by atoms with Gasteiger partial charge in [-0.05, 0) is 53.7 Å². The predicted octanol–water partition coefficient (Wildman–Crippen LogP) is 2.94. The molecule has 0 radical (unpaired) electrons. The van der Waals surface area contributed by atoms with Crippen LogP contribution >= 0.6 is 15.9 Å². The van der Waals surface area contributed by atoms with Gasteiger partial charge in [-0.3, -0.25) is 4.79 Å². The Morgan fingerprint density at radius 3 is 2.60 bits per heavy atom. The van der Waals surface area contributed by atoms with Crippen molar-refractivity contribution in [2.24, 2.45) is 0 Å². The summed E-state index contributed by atoms with van der Waals surface area (Å²) in [6.45, 7) is 2.11. The highest BCUT2D eigenvalue weighted by atomic mass is 79.9. The zero-order valence-corrected chi connectivity index (χ0v) is 12.8. The second-order valence-electron chi connectivity index (χ2n) is 5.62. The Bertz CT molecular complexity index is 511. The minimum Gasteiger partial charge on any atom is -0.349 e. The van der Waals surface area contributed by atoms with E-state index in [0.717, 1.165) is 32.0 Å². The number of carbonyl (C=O) groups is 1. The van der Waals surface area contributed by atoms with Gasteiger partial charge in [0.25, 0.3) is 5.91 Å². The fourth-order valence-corrected chi connectivity index (χ4v) is 3.24. The number of likely N-dealkylation sites (tertiary alicyclic amines) is 1. The van der Waals surface area contributed by atoms with E-state index < -0.39 is 5.82 Å². The summed E-state index contributed by atoms with van der Waals surface area (Å²) in [5.74, 6) is -0.595. The molecule has 1 N–H and O–H groups in total. The lowest BCUT2D eigenvalue weighted by molar-refractivity contribution is 0.0908. The molecule has 1 aliphatic heterocycles. The average Bonchev–Trinajstić information content (AvgIpc) is 3.27. The number of amides is 1. The summed E-state index contributed by atoms with van der Waals surface area (Å²) in [7, 11) is 0. The van der Waals surface area contributed by atoms with Crippen LogP contribution in [0.2, 0.25) is 0 Å². The highest BCUT2D eigenvalue weighted by Crippen LogP contribution is 2.29. The van der Waals surface area contributed by atoms with Crippen LogP contribution in [0, 0.1) is 5.82 Å². The van der Waals surface area contributed by atoms with Crippen molar-refractivity contribution in [3.8, 4) is 0 Å². The Labute approximate surface area is 126 Å². The number of hydrogen-bond acceptors (Lipinski definition) is 2. The van der Waals surface area contributed by atoms with Crippen LogP contribution in [0.4, 0.5) is 4.39 Å². The van der Waals surface area contributed by atoms with Crippen LogP contribution in [0.1, 0.15) is 36.0 Å². The van der Waals surface area contributed by atoms with Gasteiger partial charge in [-0.25, -0.2) is 4.39 Å². The number of rotatable bonds is 3. The van der Waals surface area contributed by atoms with Crippen molar-refractivity contribution in [1.82, 2.24) is 10.2 Å². The molecular formula is C15H18BrFN2O. The van der Waals surface area contributed by atoms with E-state index in [4.69, 9.17) is 0 Å². The molecule has 1 aromatic rings. The lowest BCUT2D eigenvalue weighted by atomic mass is 10.0. The van der Waals surface area contributed by atoms with Gasteiger partial charge in [0.15, 0.2) is 0 Å². The molecule has 0 aromatic heterocycles. The van der Waals surface area contributed by atoms with Crippen molar-refractivity contribution in [2.75, 3.05) is 13.1 Å². The normalized spacial score (nSPS) is 20.9. The molecule has 0 bridgehead atoms.